The summed E-state index contributed by atoms with van der Waals surface area (Å²) < 4.78 is 12.0. The van der Waals surface area contributed by atoms with Crippen LogP contribution in [0.25, 0.3) is 0 Å². The first kappa shape index (κ1) is 20.3. The Morgan fingerprint density at radius 2 is 1.89 bits per heavy atom. The third kappa shape index (κ3) is 5.51. The van der Waals surface area contributed by atoms with Crippen LogP contribution in [0.3, 0.4) is 0 Å². The van der Waals surface area contributed by atoms with E-state index in [-0.39, 0.29) is 5.91 Å². The van der Waals surface area contributed by atoms with Crippen LogP contribution in [-0.2, 0) is 0 Å². The molecule has 7 nitrogen and oxygen atoms in total. The molecule has 8 heteroatoms. The van der Waals surface area contributed by atoms with Gasteiger partial charge in [-0.25, -0.2) is 4.99 Å². The molecule has 2 heterocycles. The Bertz CT molecular complexity index is 769. The van der Waals surface area contributed by atoms with Gasteiger partial charge >= 0.3 is 0 Å². The highest BCUT2D eigenvalue weighted by Gasteiger charge is 2.25. The van der Waals surface area contributed by atoms with Gasteiger partial charge in [-0.15, -0.1) is 0 Å². The summed E-state index contributed by atoms with van der Waals surface area (Å²) in [4.78, 5) is 21.0. The lowest BCUT2D eigenvalue weighted by atomic mass is 10.3. The molecular formula is C20H25BrN4O3. The number of carbonyl (C=O) groups excluding carboxylic acids is 1. The average molecular weight is 449 g/mol. The van der Waals surface area contributed by atoms with E-state index in [1.54, 1.807) is 12.1 Å². The van der Waals surface area contributed by atoms with Gasteiger partial charge in [-0.1, -0.05) is 15.9 Å². The standard InChI is InChI=1S/C20H25BrN4O3/c1-2-22-20(23-9-15-27-17-7-5-16(21)6-8-17)25-12-10-24(11-13-25)19(26)18-4-3-14-28-18/h3-8,14H,2,9-13,15H2,1H3,(H,22,23). The van der Waals surface area contributed by atoms with E-state index in [1.807, 2.05) is 36.1 Å². The van der Waals surface area contributed by atoms with Crippen LogP contribution >= 0.6 is 15.9 Å². The summed E-state index contributed by atoms with van der Waals surface area (Å²) in [7, 11) is 0. The van der Waals surface area contributed by atoms with Gasteiger partial charge in [-0.3, -0.25) is 4.79 Å². The molecule has 1 aromatic heterocycles. The van der Waals surface area contributed by atoms with E-state index in [0.717, 1.165) is 35.8 Å². The van der Waals surface area contributed by atoms with Crippen LogP contribution in [-0.4, -0.2) is 67.5 Å². The van der Waals surface area contributed by atoms with Gasteiger partial charge in [0.2, 0.25) is 0 Å². The van der Waals surface area contributed by atoms with Gasteiger partial charge in [0.15, 0.2) is 11.7 Å². The first-order chi connectivity index (χ1) is 13.7. The summed E-state index contributed by atoms with van der Waals surface area (Å²) in [5.74, 6) is 2.01. The SMILES string of the molecule is CCNC(=NCCOc1ccc(Br)cc1)N1CCN(C(=O)c2ccco2)CC1. The average Bonchev–Trinajstić information content (AvgIpc) is 3.26. The Morgan fingerprint density at radius 1 is 1.18 bits per heavy atom. The maximum absolute atomic E-state index is 12.4. The molecule has 3 rings (SSSR count). The van der Waals surface area contributed by atoms with Gasteiger partial charge in [0, 0.05) is 37.2 Å². The number of hydrogen-bond acceptors (Lipinski definition) is 4. The Kier molecular flexibility index (Phi) is 7.36. The Labute approximate surface area is 173 Å². The van der Waals surface area contributed by atoms with E-state index < -0.39 is 0 Å². The Balaban J connectivity index is 1.49. The summed E-state index contributed by atoms with van der Waals surface area (Å²) in [5, 5.41) is 3.32. The zero-order valence-electron chi connectivity index (χ0n) is 15.9. The molecule has 1 aliphatic rings. The quantitative estimate of drug-likeness (QED) is 0.417. The zero-order valence-corrected chi connectivity index (χ0v) is 17.5. The molecule has 1 N–H and O–H groups in total. The van der Waals surface area contributed by atoms with Crippen molar-refractivity contribution in [2.45, 2.75) is 6.92 Å². The van der Waals surface area contributed by atoms with Crippen LogP contribution in [0.4, 0.5) is 0 Å². The number of hydrogen-bond donors (Lipinski definition) is 1. The van der Waals surface area contributed by atoms with Crippen molar-refractivity contribution in [1.29, 1.82) is 0 Å². The van der Waals surface area contributed by atoms with Gasteiger partial charge in [0.05, 0.1) is 12.8 Å². The van der Waals surface area contributed by atoms with Crippen molar-refractivity contribution in [1.82, 2.24) is 15.1 Å². The molecule has 150 valence electrons. The number of benzene rings is 1. The van der Waals surface area contributed by atoms with Crippen molar-refractivity contribution in [3.8, 4) is 5.75 Å². The molecule has 0 saturated carbocycles. The summed E-state index contributed by atoms with van der Waals surface area (Å²) >= 11 is 3.41. The van der Waals surface area contributed by atoms with Crippen LogP contribution < -0.4 is 10.1 Å². The monoisotopic (exact) mass is 448 g/mol. The van der Waals surface area contributed by atoms with Gasteiger partial charge in [0.25, 0.3) is 5.91 Å². The molecule has 1 fully saturated rings. The van der Waals surface area contributed by atoms with Crippen molar-refractivity contribution in [2.24, 2.45) is 4.99 Å². The summed E-state index contributed by atoms with van der Waals surface area (Å²) in [6.45, 7) is 6.64. The second-order valence-electron chi connectivity index (χ2n) is 6.29. The topological polar surface area (TPSA) is 70.3 Å². The van der Waals surface area contributed by atoms with Gasteiger partial charge < -0.3 is 24.3 Å². The Morgan fingerprint density at radius 3 is 2.54 bits per heavy atom. The number of furan rings is 1. The van der Waals surface area contributed by atoms with Crippen molar-refractivity contribution in [2.75, 3.05) is 45.9 Å². The van der Waals surface area contributed by atoms with Crippen molar-refractivity contribution in [3.63, 3.8) is 0 Å². The third-order valence-electron chi connectivity index (χ3n) is 4.37. The van der Waals surface area contributed by atoms with E-state index in [2.05, 4.69) is 31.1 Å². The molecule has 28 heavy (non-hydrogen) atoms. The van der Waals surface area contributed by atoms with Gasteiger partial charge in [0.1, 0.15) is 12.4 Å². The first-order valence-electron chi connectivity index (χ1n) is 9.42. The fourth-order valence-corrected chi connectivity index (χ4v) is 3.21. The molecule has 0 aliphatic carbocycles. The van der Waals surface area contributed by atoms with Crippen LogP contribution in [0, 0.1) is 0 Å². The van der Waals surface area contributed by atoms with E-state index in [1.165, 1.54) is 6.26 Å². The molecule has 1 aromatic carbocycles. The van der Waals surface area contributed by atoms with Gasteiger partial charge in [-0.2, -0.15) is 0 Å². The summed E-state index contributed by atoms with van der Waals surface area (Å²) in [5.41, 5.74) is 0. The number of aliphatic imine (C=N–C) groups is 1. The van der Waals surface area contributed by atoms with E-state index in [0.29, 0.717) is 32.0 Å². The highest BCUT2D eigenvalue weighted by molar-refractivity contribution is 9.10. The van der Waals surface area contributed by atoms with Crippen molar-refractivity contribution >= 4 is 27.8 Å². The van der Waals surface area contributed by atoms with Crippen molar-refractivity contribution in [3.05, 3.63) is 52.9 Å². The van der Waals surface area contributed by atoms with Crippen LogP contribution in [0.15, 0.2) is 56.5 Å². The molecule has 0 unspecified atom stereocenters. The minimum atomic E-state index is -0.0607. The smallest absolute Gasteiger partial charge is 0.289 e. The molecule has 0 atom stereocenters. The highest BCUT2D eigenvalue weighted by Crippen LogP contribution is 2.16. The van der Waals surface area contributed by atoms with Crippen LogP contribution in [0.2, 0.25) is 0 Å². The number of rotatable bonds is 6. The van der Waals surface area contributed by atoms with Crippen LogP contribution in [0.1, 0.15) is 17.5 Å². The first-order valence-corrected chi connectivity index (χ1v) is 10.2. The fourth-order valence-electron chi connectivity index (χ4n) is 2.95. The zero-order chi connectivity index (χ0) is 19.8. The lowest BCUT2D eigenvalue weighted by molar-refractivity contribution is 0.0657. The van der Waals surface area contributed by atoms with Gasteiger partial charge in [-0.05, 0) is 43.3 Å². The summed E-state index contributed by atoms with van der Waals surface area (Å²) in [6.07, 6.45) is 1.52. The predicted molar refractivity (Wildman–Crippen MR) is 112 cm³/mol. The molecule has 2 aromatic rings. The second-order valence-corrected chi connectivity index (χ2v) is 7.21. The molecule has 0 radical (unpaired) electrons. The third-order valence-corrected chi connectivity index (χ3v) is 4.90. The maximum Gasteiger partial charge on any atom is 0.289 e. The number of halogens is 1. The minimum Gasteiger partial charge on any atom is -0.492 e. The fraction of sp³-hybridized carbons (Fsp3) is 0.400. The number of ether oxygens (including phenoxy) is 1. The molecule has 0 spiro atoms. The summed E-state index contributed by atoms with van der Waals surface area (Å²) in [6, 6.07) is 11.2. The highest BCUT2D eigenvalue weighted by atomic mass is 79.9. The lowest BCUT2D eigenvalue weighted by Crippen LogP contribution is -2.53. The number of guanidine groups is 1. The predicted octanol–water partition coefficient (Wildman–Crippen LogP) is 2.84. The number of carbonyl (C=O) groups is 1. The number of nitrogens with zero attached hydrogens (tertiary/aromatic N) is 3. The maximum atomic E-state index is 12.4. The normalized spacial score (nSPS) is 14.9. The Hall–Kier alpha value is -2.48. The second kappa shape index (κ2) is 10.2. The minimum absolute atomic E-state index is 0.0607. The van der Waals surface area contributed by atoms with E-state index >= 15 is 0 Å². The van der Waals surface area contributed by atoms with Crippen molar-refractivity contribution < 1.29 is 13.9 Å². The molecule has 1 aliphatic heterocycles. The van der Waals surface area contributed by atoms with E-state index in [9.17, 15) is 4.79 Å². The molecule has 1 amide bonds. The molecule has 1 saturated heterocycles. The lowest BCUT2D eigenvalue weighted by Gasteiger charge is -2.36. The van der Waals surface area contributed by atoms with Crippen LogP contribution in [0.5, 0.6) is 5.75 Å². The number of amides is 1. The van der Waals surface area contributed by atoms with E-state index in [4.69, 9.17) is 9.15 Å². The number of piperazine rings is 1. The molecular weight excluding hydrogens is 424 g/mol. The largest absolute Gasteiger partial charge is 0.492 e. The number of nitrogens with one attached hydrogen (secondary N) is 1. The molecule has 0 bridgehead atoms.